The van der Waals surface area contributed by atoms with Crippen LogP contribution in [0.25, 0.3) is 16.6 Å². The number of benzene rings is 2. The molecule has 178 valence electrons. The van der Waals surface area contributed by atoms with Gasteiger partial charge in [0.15, 0.2) is 0 Å². The quantitative estimate of drug-likeness (QED) is 0.405. The molecule has 2 fully saturated rings. The molecule has 0 atom stereocenters. The molecule has 9 heteroatoms. The van der Waals surface area contributed by atoms with Crippen LogP contribution in [0.5, 0.6) is 0 Å². The Kier molecular flexibility index (Phi) is 5.84. The maximum absolute atomic E-state index is 13.1. The van der Waals surface area contributed by atoms with Gasteiger partial charge in [-0.25, -0.2) is 9.97 Å². The van der Waals surface area contributed by atoms with E-state index in [1.807, 2.05) is 0 Å². The molecule has 0 amide bonds. The van der Waals surface area contributed by atoms with Gasteiger partial charge >= 0.3 is 0 Å². The van der Waals surface area contributed by atoms with Gasteiger partial charge in [0.1, 0.15) is 12.1 Å². The molecule has 1 aliphatic heterocycles. The molecule has 1 saturated heterocycles. The van der Waals surface area contributed by atoms with Gasteiger partial charge in [-0.1, -0.05) is 29.3 Å². The number of para-hydroxylation sites is 1. The van der Waals surface area contributed by atoms with Crippen molar-refractivity contribution in [1.82, 2.24) is 19.4 Å². The predicted octanol–water partition coefficient (Wildman–Crippen LogP) is 5.12. The van der Waals surface area contributed by atoms with Crippen LogP contribution >= 0.6 is 23.2 Å². The van der Waals surface area contributed by atoms with Crippen LogP contribution in [-0.4, -0.2) is 51.7 Å². The van der Waals surface area contributed by atoms with Crippen molar-refractivity contribution in [1.29, 1.82) is 0 Å². The van der Waals surface area contributed by atoms with Crippen LogP contribution in [0.3, 0.4) is 0 Å². The monoisotopic (exact) mass is 506 g/mol. The summed E-state index contributed by atoms with van der Waals surface area (Å²) in [5, 5.41) is 4.45. The Bertz CT molecular complexity index is 1420. The number of rotatable bonds is 5. The van der Waals surface area contributed by atoms with Crippen molar-refractivity contribution in [2.75, 3.05) is 36.4 Å². The van der Waals surface area contributed by atoms with E-state index in [4.69, 9.17) is 23.2 Å². The van der Waals surface area contributed by atoms with Crippen LogP contribution in [0, 0.1) is 0 Å². The average molecular weight is 507 g/mol. The van der Waals surface area contributed by atoms with Crippen LogP contribution in [0.15, 0.2) is 65.8 Å². The van der Waals surface area contributed by atoms with Gasteiger partial charge in [0.05, 0.1) is 26.6 Å². The molecule has 1 N–H and O–H groups in total. The first-order valence-electron chi connectivity index (χ1n) is 11.7. The molecule has 2 aliphatic rings. The lowest BCUT2D eigenvalue weighted by molar-refractivity contribution is 0.248. The topological polar surface area (TPSA) is 66.3 Å². The van der Waals surface area contributed by atoms with E-state index in [-0.39, 0.29) is 5.56 Å². The van der Waals surface area contributed by atoms with Crippen LogP contribution in [0.4, 0.5) is 17.2 Å². The molecule has 4 aromatic rings. The van der Waals surface area contributed by atoms with E-state index < -0.39 is 0 Å². The Morgan fingerprint density at radius 1 is 0.914 bits per heavy atom. The van der Waals surface area contributed by atoms with Gasteiger partial charge in [-0.05, 0) is 49.2 Å². The molecule has 2 aromatic carbocycles. The summed E-state index contributed by atoms with van der Waals surface area (Å²) >= 11 is 12.6. The summed E-state index contributed by atoms with van der Waals surface area (Å²) in [6.07, 6.45) is 5.70. The van der Waals surface area contributed by atoms with E-state index in [9.17, 15) is 4.79 Å². The molecule has 6 rings (SSSR count). The number of hydrogen-bond acceptors (Lipinski definition) is 6. The Morgan fingerprint density at radius 3 is 2.31 bits per heavy atom. The number of anilines is 3. The van der Waals surface area contributed by atoms with Crippen molar-refractivity contribution in [3.8, 4) is 5.69 Å². The minimum atomic E-state index is -0.282. The second kappa shape index (κ2) is 9.15. The first kappa shape index (κ1) is 22.3. The van der Waals surface area contributed by atoms with Gasteiger partial charge in [-0.15, -0.1) is 0 Å². The SMILES string of the molecule is O=c1c2cnc(Nc3ccc(N4CCN(C5CC5)CC4)cc3)cc2ncn1-c1c(Cl)cccc1Cl. The average Bonchev–Trinajstić information content (AvgIpc) is 3.72. The van der Waals surface area contributed by atoms with Gasteiger partial charge in [-0.3, -0.25) is 14.3 Å². The molecule has 0 unspecified atom stereocenters. The minimum Gasteiger partial charge on any atom is -0.369 e. The fraction of sp³-hybridized carbons (Fsp3) is 0.269. The lowest BCUT2D eigenvalue weighted by Gasteiger charge is -2.36. The molecule has 2 aromatic heterocycles. The summed E-state index contributed by atoms with van der Waals surface area (Å²) in [7, 11) is 0. The largest absolute Gasteiger partial charge is 0.369 e. The first-order chi connectivity index (χ1) is 17.1. The third kappa shape index (κ3) is 4.47. The lowest BCUT2D eigenvalue weighted by Crippen LogP contribution is -2.47. The van der Waals surface area contributed by atoms with Crippen LogP contribution in [0.2, 0.25) is 10.0 Å². The summed E-state index contributed by atoms with van der Waals surface area (Å²) in [5.41, 5.74) is 2.82. The Labute approximate surface area is 212 Å². The molecule has 0 radical (unpaired) electrons. The van der Waals surface area contributed by atoms with Crippen LogP contribution in [-0.2, 0) is 0 Å². The number of halogens is 2. The third-order valence-electron chi connectivity index (χ3n) is 6.70. The normalized spacial score (nSPS) is 16.6. The zero-order chi connectivity index (χ0) is 23.9. The van der Waals surface area contributed by atoms with Crippen LogP contribution < -0.4 is 15.8 Å². The fourth-order valence-corrected chi connectivity index (χ4v) is 5.23. The zero-order valence-corrected chi connectivity index (χ0v) is 20.5. The van der Waals surface area contributed by atoms with Gasteiger partial charge in [-0.2, -0.15) is 0 Å². The van der Waals surface area contributed by atoms with Crippen LogP contribution in [0.1, 0.15) is 12.8 Å². The number of aromatic nitrogens is 3. The van der Waals surface area contributed by atoms with E-state index in [2.05, 4.69) is 49.4 Å². The molecule has 35 heavy (non-hydrogen) atoms. The summed E-state index contributed by atoms with van der Waals surface area (Å²) in [6, 6.07) is 16.1. The van der Waals surface area contributed by atoms with E-state index in [1.54, 1.807) is 24.3 Å². The summed E-state index contributed by atoms with van der Waals surface area (Å²) in [6.45, 7) is 4.42. The molecular weight excluding hydrogens is 483 g/mol. The van der Waals surface area contributed by atoms with Crippen molar-refractivity contribution in [2.45, 2.75) is 18.9 Å². The van der Waals surface area contributed by atoms with E-state index in [0.717, 1.165) is 37.9 Å². The summed E-state index contributed by atoms with van der Waals surface area (Å²) in [5.74, 6) is 0.615. The molecular formula is C26H24Cl2N6O. The second-order valence-electron chi connectivity index (χ2n) is 9.00. The Morgan fingerprint density at radius 2 is 1.63 bits per heavy atom. The predicted molar refractivity (Wildman–Crippen MR) is 142 cm³/mol. The van der Waals surface area contributed by atoms with Crippen molar-refractivity contribution < 1.29 is 0 Å². The van der Waals surface area contributed by atoms with Gasteiger partial charge in [0.2, 0.25) is 0 Å². The van der Waals surface area contributed by atoms with Crippen molar-refractivity contribution in [3.63, 3.8) is 0 Å². The molecule has 7 nitrogen and oxygen atoms in total. The fourth-order valence-electron chi connectivity index (χ4n) is 4.65. The zero-order valence-electron chi connectivity index (χ0n) is 19.0. The third-order valence-corrected chi connectivity index (χ3v) is 7.31. The Hall–Kier alpha value is -3.13. The van der Waals surface area contributed by atoms with Gasteiger partial charge < -0.3 is 10.2 Å². The smallest absolute Gasteiger partial charge is 0.267 e. The number of nitrogens with zero attached hydrogens (tertiary/aromatic N) is 5. The van der Waals surface area contributed by atoms with Crippen molar-refractivity contribution in [3.05, 3.63) is 81.5 Å². The van der Waals surface area contributed by atoms with Gasteiger partial charge in [0.25, 0.3) is 5.56 Å². The summed E-state index contributed by atoms with van der Waals surface area (Å²) in [4.78, 5) is 27.0. The highest BCUT2D eigenvalue weighted by molar-refractivity contribution is 6.37. The van der Waals surface area contributed by atoms with E-state index in [1.165, 1.54) is 35.6 Å². The highest BCUT2D eigenvalue weighted by Crippen LogP contribution is 2.30. The number of nitrogens with one attached hydrogen (secondary N) is 1. The molecule has 0 bridgehead atoms. The van der Waals surface area contributed by atoms with E-state index in [0.29, 0.717) is 32.5 Å². The minimum absolute atomic E-state index is 0.282. The maximum Gasteiger partial charge on any atom is 0.267 e. The highest BCUT2D eigenvalue weighted by Gasteiger charge is 2.31. The van der Waals surface area contributed by atoms with E-state index >= 15 is 0 Å². The number of hydrogen-bond donors (Lipinski definition) is 1. The molecule has 3 heterocycles. The van der Waals surface area contributed by atoms with Crippen molar-refractivity contribution in [2.24, 2.45) is 0 Å². The first-order valence-corrected chi connectivity index (χ1v) is 12.5. The lowest BCUT2D eigenvalue weighted by atomic mass is 10.2. The Balaban J connectivity index is 1.19. The molecule has 1 saturated carbocycles. The molecule has 0 spiro atoms. The second-order valence-corrected chi connectivity index (χ2v) is 9.82. The number of piperazine rings is 1. The van der Waals surface area contributed by atoms with Crippen molar-refractivity contribution >= 4 is 51.3 Å². The van der Waals surface area contributed by atoms with Gasteiger partial charge in [0, 0.05) is 55.9 Å². The summed E-state index contributed by atoms with van der Waals surface area (Å²) < 4.78 is 1.35. The number of fused-ring (bicyclic) bond motifs is 1. The number of pyridine rings is 1. The maximum atomic E-state index is 13.1. The standard InChI is InChI=1S/C26H24Cl2N6O/c27-21-2-1-3-22(28)25(21)34-16-30-23-14-24(29-15-20(23)26(34)35)31-17-4-6-18(7-5-17)32-10-12-33(13-11-32)19-8-9-19/h1-7,14-16,19H,8-13H2,(H,29,31). The molecule has 1 aliphatic carbocycles. The highest BCUT2D eigenvalue weighted by atomic mass is 35.5.